The van der Waals surface area contributed by atoms with E-state index in [1.54, 1.807) is 17.0 Å². The second kappa shape index (κ2) is 8.04. The van der Waals surface area contributed by atoms with Gasteiger partial charge in [-0.15, -0.1) is 11.8 Å². The fraction of sp³-hybridized carbons (Fsp3) is 0.280. The van der Waals surface area contributed by atoms with E-state index < -0.39 is 47.3 Å². The van der Waals surface area contributed by atoms with E-state index in [2.05, 4.69) is 0 Å². The molecule has 3 aliphatic heterocycles. The predicted molar refractivity (Wildman–Crippen MR) is 120 cm³/mol. The summed E-state index contributed by atoms with van der Waals surface area (Å²) in [7, 11) is 0. The minimum Gasteiger partial charge on any atom is -0.504 e. The van der Waals surface area contributed by atoms with Gasteiger partial charge in [-0.05, 0) is 29.3 Å². The Morgan fingerprint density at radius 3 is 2.76 bits per heavy atom. The molecule has 0 radical (unpaired) electrons. The number of thioether (sulfide) groups is 1. The zero-order valence-corrected chi connectivity index (χ0v) is 18.7. The third-order valence-corrected chi connectivity index (χ3v) is 8.00. The Labute approximate surface area is 198 Å². The summed E-state index contributed by atoms with van der Waals surface area (Å²) in [6.07, 6.45) is 2.33. The van der Waals surface area contributed by atoms with Gasteiger partial charge in [0, 0.05) is 22.8 Å². The predicted octanol–water partition coefficient (Wildman–Crippen LogP) is 3.48. The van der Waals surface area contributed by atoms with Gasteiger partial charge < -0.3 is 14.7 Å². The Bertz CT molecular complexity index is 1290. The van der Waals surface area contributed by atoms with Gasteiger partial charge in [-0.2, -0.15) is 0 Å². The number of rotatable bonds is 1. The number of carbonyl (C=O) groups excluding carboxylic acids is 2. The van der Waals surface area contributed by atoms with Crippen LogP contribution in [-0.2, 0) is 20.1 Å². The molecule has 174 valence electrons. The second-order valence-corrected chi connectivity index (χ2v) is 9.61. The molecule has 2 aromatic carbocycles. The lowest BCUT2D eigenvalue weighted by atomic mass is 9.85. The Morgan fingerprint density at radius 2 is 1.91 bits per heavy atom. The molecule has 1 N–H and O–H groups in total. The normalized spacial score (nSPS) is 26.5. The van der Waals surface area contributed by atoms with Gasteiger partial charge in [-0.25, -0.2) is 8.78 Å². The summed E-state index contributed by atoms with van der Waals surface area (Å²) in [6, 6.07) is 9.04. The average molecular weight is 483 g/mol. The molecule has 9 heteroatoms. The van der Waals surface area contributed by atoms with E-state index in [0.29, 0.717) is 12.2 Å². The maximum Gasteiger partial charge on any atom is 0.257 e. The Hall–Kier alpha value is -3.01. The van der Waals surface area contributed by atoms with Crippen LogP contribution in [0.3, 0.4) is 0 Å². The molecule has 1 unspecified atom stereocenters. The minimum absolute atomic E-state index is 0.00386. The van der Waals surface area contributed by atoms with Gasteiger partial charge in [-0.1, -0.05) is 30.3 Å². The van der Waals surface area contributed by atoms with Crippen molar-refractivity contribution in [2.75, 3.05) is 19.8 Å². The number of aliphatic hydroxyl groups is 1. The first-order valence-corrected chi connectivity index (χ1v) is 12.0. The molecule has 6 nitrogen and oxygen atoms in total. The number of benzene rings is 2. The number of nitrogens with zero attached hydrogens (tertiary/aromatic N) is 2. The molecule has 1 amide bonds. The topological polar surface area (TPSA) is 70.1 Å². The number of ether oxygens (including phenoxy) is 1. The minimum atomic E-state index is -0.915. The SMILES string of the molecule is O=C1C=CC2C(=C1O)C(=O)N1CCOC[C@H]1N2[C@@H]1c2ccccc2SCc2c1ccc(F)c2F. The number of carbonyl (C=O) groups is 2. The van der Waals surface area contributed by atoms with Crippen molar-refractivity contribution in [3.8, 4) is 0 Å². The number of ketones is 1. The van der Waals surface area contributed by atoms with Crippen LogP contribution in [0.25, 0.3) is 0 Å². The van der Waals surface area contributed by atoms with Gasteiger partial charge in [0.1, 0.15) is 6.17 Å². The molecule has 34 heavy (non-hydrogen) atoms. The van der Waals surface area contributed by atoms with Crippen LogP contribution in [0.15, 0.2) is 64.8 Å². The van der Waals surface area contributed by atoms with Crippen LogP contribution in [0.4, 0.5) is 8.78 Å². The highest BCUT2D eigenvalue weighted by Crippen LogP contribution is 2.47. The smallest absolute Gasteiger partial charge is 0.257 e. The second-order valence-electron chi connectivity index (χ2n) is 8.59. The molecule has 2 aromatic rings. The molecule has 6 rings (SSSR count). The summed E-state index contributed by atoms with van der Waals surface area (Å²) < 4.78 is 35.1. The highest BCUT2D eigenvalue weighted by Gasteiger charge is 2.51. The zero-order chi connectivity index (χ0) is 23.6. The van der Waals surface area contributed by atoms with Crippen molar-refractivity contribution in [2.24, 2.45) is 0 Å². The van der Waals surface area contributed by atoms with Crippen molar-refractivity contribution >= 4 is 23.5 Å². The van der Waals surface area contributed by atoms with E-state index in [4.69, 9.17) is 4.74 Å². The largest absolute Gasteiger partial charge is 0.504 e. The van der Waals surface area contributed by atoms with Gasteiger partial charge in [0.05, 0.1) is 30.9 Å². The number of hydrogen-bond acceptors (Lipinski definition) is 6. The highest BCUT2D eigenvalue weighted by molar-refractivity contribution is 7.98. The van der Waals surface area contributed by atoms with Crippen LogP contribution in [-0.4, -0.2) is 58.6 Å². The summed E-state index contributed by atoms with van der Waals surface area (Å²) in [6.45, 7) is 0.824. The molecule has 0 aromatic heterocycles. The lowest BCUT2D eigenvalue weighted by Crippen LogP contribution is -2.66. The molecule has 3 atom stereocenters. The molecule has 0 spiro atoms. The fourth-order valence-electron chi connectivity index (χ4n) is 5.34. The molecule has 1 aliphatic carbocycles. The fourth-order valence-corrected chi connectivity index (χ4v) is 6.45. The van der Waals surface area contributed by atoms with Gasteiger partial charge in [0.15, 0.2) is 17.4 Å². The lowest BCUT2D eigenvalue weighted by Gasteiger charge is -2.53. The van der Waals surface area contributed by atoms with Crippen LogP contribution >= 0.6 is 11.8 Å². The first-order chi connectivity index (χ1) is 16.5. The van der Waals surface area contributed by atoms with Crippen LogP contribution < -0.4 is 0 Å². The van der Waals surface area contributed by atoms with Gasteiger partial charge in [-0.3, -0.25) is 14.5 Å². The molecule has 4 aliphatic rings. The number of halogens is 2. The van der Waals surface area contributed by atoms with Crippen LogP contribution in [0.5, 0.6) is 0 Å². The maximum atomic E-state index is 15.1. The quantitative estimate of drug-likeness (QED) is 0.671. The number of hydrogen-bond donors (Lipinski definition) is 1. The molecular formula is C25H20F2N2O4S. The molecular weight excluding hydrogens is 462 g/mol. The van der Waals surface area contributed by atoms with E-state index in [1.165, 1.54) is 17.8 Å². The standard InChI is InChI=1S/C25H20F2N2O4S/c26-16-6-5-13-15(22(16)27)12-34-19-4-2-1-3-14(19)23(13)29-17-7-8-18(30)24(31)21(17)25(32)28-9-10-33-11-20(28)29/h1-8,17,20,23,31H,9-12H2/t17?,20-,23+/m1/s1. The van der Waals surface area contributed by atoms with E-state index in [1.807, 2.05) is 29.2 Å². The lowest BCUT2D eigenvalue weighted by molar-refractivity contribution is -0.158. The van der Waals surface area contributed by atoms with Gasteiger partial charge in [0.2, 0.25) is 5.78 Å². The van der Waals surface area contributed by atoms with Crippen molar-refractivity contribution in [3.63, 3.8) is 0 Å². The molecule has 3 heterocycles. The number of allylic oxidation sites excluding steroid dienone is 1. The van der Waals surface area contributed by atoms with Crippen LogP contribution in [0, 0.1) is 11.6 Å². The van der Waals surface area contributed by atoms with E-state index in [9.17, 15) is 19.1 Å². The molecule has 0 bridgehead atoms. The van der Waals surface area contributed by atoms with Crippen molar-refractivity contribution < 1.29 is 28.2 Å². The third kappa shape index (κ3) is 3.07. The molecule has 2 fully saturated rings. The van der Waals surface area contributed by atoms with Crippen LogP contribution in [0.1, 0.15) is 22.7 Å². The summed E-state index contributed by atoms with van der Waals surface area (Å²) in [4.78, 5) is 30.1. The summed E-state index contributed by atoms with van der Waals surface area (Å²) in [5.74, 6) is -3.17. The van der Waals surface area contributed by atoms with Crippen LogP contribution in [0.2, 0.25) is 0 Å². The zero-order valence-electron chi connectivity index (χ0n) is 17.9. The number of aliphatic hydroxyl groups excluding tert-OH is 1. The monoisotopic (exact) mass is 482 g/mol. The summed E-state index contributed by atoms with van der Waals surface area (Å²) >= 11 is 1.42. The number of fused-ring (bicyclic) bond motifs is 4. The number of morpholine rings is 1. The highest BCUT2D eigenvalue weighted by atomic mass is 32.2. The maximum absolute atomic E-state index is 15.1. The number of amides is 1. The Balaban J connectivity index is 1.62. The first-order valence-electron chi connectivity index (χ1n) is 11.0. The molecule has 2 saturated heterocycles. The van der Waals surface area contributed by atoms with Crippen molar-refractivity contribution in [3.05, 3.63) is 88.2 Å². The van der Waals surface area contributed by atoms with Gasteiger partial charge in [0.25, 0.3) is 5.91 Å². The van der Waals surface area contributed by atoms with Crippen molar-refractivity contribution in [1.29, 1.82) is 0 Å². The summed E-state index contributed by atoms with van der Waals surface area (Å²) in [5, 5.41) is 10.6. The van der Waals surface area contributed by atoms with Crippen molar-refractivity contribution in [2.45, 2.75) is 28.9 Å². The van der Waals surface area contributed by atoms with E-state index in [0.717, 1.165) is 16.5 Å². The van der Waals surface area contributed by atoms with Gasteiger partial charge >= 0.3 is 0 Å². The van der Waals surface area contributed by atoms with E-state index >= 15 is 4.39 Å². The first kappa shape index (κ1) is 21.5. The Kier molecular flexibility index (Phi) is 5.09. The van der Waals surface area contributed by atoms with Crippen molar-refractivity contribution in [1.82, 2.24) is 9.80 Å². The molecule has 0 saturated carbocycles. The Morgan fingerprint density at radius 1 is 1.09 bits per heavy atom. The summed E-state index contributed by atoms with van der Waals surface area (Å²) in [5.41, 5.74) is 1.72. The van der Waals surface area contributed by atoms with E-state index in [-0.39, 0.29) is 30.0 Å². The third-order valence-electron chi connectivity index (χ3n) is 6.88. The average Bonchev–Trinajstić information content (AvgIpc) is 3.01.